The van der Waals surface area contributed by atoms with Crippen LogP contribution in [-0.2, 0) is 0 Å². The lowest BCUT2D eigenvalue weighted by Gasteiger charge is -2.26. The second-order valence-electron chi connectivity index (χ2n) is 4.16. The van der Waals surface area contributed by atoms with Gasteiger partial charge in [0.05, 0.1) is 0 Å². The first-order valence-corrected chi connectivity index (χ1v) is 5.44. The number of hydrogen-bond acceptors (Lipinski definition) is 4. The average Bonchev–Trinajstić information content (AvgIpc) is 2.65. The molecule has 1 fully saturated rings. The van der Waals surface area contributed by atoms with Crippen molar-refractivity contribution in [3.8, 4) is 0 Å². The summed E-state index contributed by atoms with van der Waals surface area (Å²) in [6.45, 7) is 1.77. The van der Waals surface area contributed by atoms with Crippen LogP contribution in [-0.4, -0.2) is 27.4 Å². The smallest absolute Gasteiger partial charge is 0.404 e. The number of aromatic nitrogens is 2. The van der Waals surface area contributed by atoms with Crippen LogP contribution in [0.15, 0.2) is 4.42 Å². The Kier molecular flexibility index (Phi) is 3.07. The van der Waals surface area contributed by atoms with Gasteiger partial charge < -0.3 is 14.8 Å². The zero-order valence-corrected chi connectivity index (χ0v) is 9.14. The summed E-state index contributed by atoms with van der Waals surface area (Å²) in [7, 11) is 0. The van der Waals surface area contributed by atoms with Crippen molar-refractivity contribution in [2.45, 2.75) is 44.6 Å². The third-order valence-electron chi connectivity index (χ3n) is 2.95. The average molecular weight is 225 g/mol. The van der Waals surface area contributed by atoms with Gasteiger partial charge in [0.2, 0.25) is 11.8 Å². The molecule has 1 aromatic rings. The summed E-state index contributed by atoms with van der Waals surface area (Å²) in [6.07, 6.45) is 2.51. The van der Waals surface area contributed by atoms with E-state index in [4.69, 9.17) is 9.52 Å². The van der Waals surface area contributed by atoms with E-state index in [-0.39, 0.29) is 12.0 Å². The van der Waals surface area contributed by atoms with Crippen LogP contribution in [0.25, 0.3) is 0 Å². The zero-order chi connectivity index (χ0) is 11.5. The predicted octanol–water partition coefficient (Wildman–Crippen LogP) is 1.67. The van der Waals surface area contributed by atoms with Crippen molar-refractivity contribution in [1.82, 2.24) is 15.5 Å². The first-order chi connectivity index (χ1) is 7.65. The lowest BCUT2D eigenvalue weighted by Crippen LogP contribution is -2.36. The number of rotatable bonds is 2. The van der Waals surface area contributed by atoms with Gasteiger partial charge in [-0.2, -0.15) is 0 Å². The van der Waals surface area contributed by atoms with Crippen LogP contribution in [0.5, 0.6) is 0 Å². The van der Waals surface area contributed by atoms with Crippen LogP contribution < -0.4 is 5.32 Å². The van der Waals surface area contributed by atoms with E-state index in [9.17, 15) is 4.79 Å². The molecule has 1 heterocycles. The van der Waals surface area contributed by atoms with E-state index in [1.54, 1.807) is 6.92 Å². The molecule has 0 spiro atoms. The zero-order valence-electron chi connectivity index (χ0n) is 9.14. The molecule has 88 valence electrons. The van der Waals surface area contributed by atoms with Crippen molar-refractivity contribution >= 4 is 6.09 Å². The van der Waals surface area contributed by atoms with Gasteiger partial charge in [0.1, 0.15) is 0 Å². The molecule has 1 aliphatic carbocycles. The maximum absolute atomic E-state index is 10.5. The molecule has 6 heteroatoms. The van der Waals surface area contributed by atoms with Crippen molar-refractivity contribution < 1.29 is 14.3 Å². The molecule has 16 heavy (non-hydrogen) atoms. The van der Waals surface area contributed by atoms with Gasteiger partial charge in [-0.25, -0.2) is 4.79 Å². The molecule has 6 nitrogen and oxygen atoms in total. The Morgan fingerprint density at radius 1 is 1.38 bits per heavy atom. The molecule has 2 rings (SSSR count). The molecule has 0 bridgehead atoms. The van der Waals surface area contributed by atoms with Crippen LogP contribution in [0, 0.1) is 6.92 Å². The number of amides is 1. The van der Waals surface area contributed by atoms with Crippen LogP contribution in [0.4, 0.5) is 4.79 Å². The Morgan fingerprint density at radius 2 is 2.06 bits per heavy atom. The third kappa shape index (κ3) is 2.50. The quantitative estimate of drug-likeness (QED) is 0.799. The number of hydrogen-bond donors (Lipinski definition) is 2. The van der Waals surface area contributed by atoms with Gasteiger partial charge in [0.15, 0.2) is 0 Å². The summed E-state index contributed by atoms with van der Waals surface area (Å²) >= 11 is 0. The lowest BCUT2D eigenvalue weighted by molar-refractivity contribution is 0.184. The fourth-order valence-corrected chi connectivity index (χ4v) is 2.14. The van der Waals surface area contributed by atoms with Crippen molar-refractivity contribution in [2.75, 3.05) is 0 Å². The van der Waals surface area contributed by atoms with E-state index < -0.39 is 6.09 Å². The number of carbonyl (C=O) groups is 1. The minimum Gasteiger partial charge on any atom is -0.465 e. The lowest BCUT2D eigenvalue weighted by atomic mass is 9.86. The molecule has 0 aromatic carbocycles. The second-order valence-corrected chi connectivity index (χ2v) is 4.16. The SMILES string of the molecule is Cc1nnc(C2CCC(NC(=O)O)CC2)o1. The van der Waals surface area contributed by atoms with E-state index in [1.165, 1.54) is 0 Å². The predicted molar refractivity (Wildman–Crippen MR) is 55.2 cm³/mol. The Morgan fingerprint density at radius 3 is 2.56 bits per heavy atom. The van der Waals surface area contributed by atoms with E-state index in [0.29, 0.717) is 11.8 Å². The number of carboxylic acid groups (broad SMARTS) is 1. The Hall–Kier alpha value is -1.59. The summed E-state index contributed by atoms with van der Waals surface area (Å²) in [5.74, 6) is 1.56. The Labute approximate surface area is 93.1 Å². The third-order valence-corrected chi connectivity index (χ3v) is 2.95. The molecule has 2 N–H and O–H groups in total. The van der Waals surface area contributed by atoms with Gasteiger partial charge >= 0.3 is 6.09 Å². The number of nitrogens with one attached hydrogen (secondary N) is 1. The van der Waals surface area contributed by atoms with Gasteiger partial charge in [0.25, 0.3) is 0 Å². The topological polar surface area (TPSA) is 88.2 Å². The van der Waals surface area contributed by atoms with E-state index >= 15 is 0 Å². The van der Waals surface area contributed by atoms with Gasteiger partial charge in [0, 0.05) is 18.9 Å². The van der Waals surface area contributed by atoms with Crippen LogP contribution in [0.1, 0.15) is 43.4 Å². The highest BCUT2D eigenvalue weighted by atomic mass is 16.4. The number of aryl methyl sites for hydroxylation is 1. The normalized spacial score (nSPS) is 25.3. The van der Waals surface area contributed by atoms with Crippen LogP contribution in [0.3, 0.4) is 0 Å². The highest BCUT2D eigenvalue weighted by molar-refractivity contribution is 5.64. The highest BCUT2D eigenvalue weighted by Crippen LogP contribution is 2.31. The molecule has 1 aromatic heterocycles. The molecule has 0 unspecified atom stereocenters. The van der Waals surface area contributed by atoms with E-state index in [2.05, 4.69) is 15.5 Å². The van der Waals surface area contributed by atoms with Gasteiger partial charge in [-0.3, -0.25) is 0 Å². The molecule has 0 aliphatic heterocycles. The molecule has 0 radical (unpaired) electrons. The minimum absolute atomic E-state index is 0.0674. The monoisotopic (exact) mass is 225 g/mol. The van der Waals surface area contributed by atoms with Gasteiger partial charge in [-0.05, 0) is 25.7 Å². The molecule has 0 saturated heterocycles. The maximum Gasteiger partial charge on any atom is 0.404 e. The summed E-state index contributed by atoms with van der Waals surface area (Å²) in [4.78, 5) is 10.5. The van der Waals surface area contributed by atoms with Crippen molar-refractivity contribution in [3.63, 3.8) is 0 Å². The summed E-state index contributed by atoms with van der Waals surface area (Å²) in [5.41, 5.74) is 0. The van der Waals surface area contributed by atoms with Gasteiger partial charge in [-0.1, -0.05) is 0 Å². The van der Waals surface area contributed by atoms with Crippen LogP contribution >= 0.6 is 0 Å². The van der Waals surface area contributed by atoms with Crippen molar-refractivity contribution in [3.05, 3.63) is 11.8 Å². The standard InChI is InChI=1S/C10H15N3O3/c1-6-12-13-9(16-6)7-2-4-8(5-3-7)11-10(14)15/h7-8,11H,2-5H2,1H3,(H,14,15). The summed E-state index contributed by atoms with van der Waals surface area (Å²) in [6, 6.07) is 0.0674. The fourth-order valence-electron chi connectivity index (χ4n) is 2.14. The number of nitrogens with zero attached hydrogens (tertiary/aromatic N) is 2. The minimum atomic E-state index is -0.947. The van der Waals surface area contributed by atoms with Crippen LogP contribution in [0.2, 0.25) is 0 Å². The van der Waals surface area contributed by atoms with E-state index in [0.717, 1.165) is 25.7 Å². The Balaban J connectivity index is 1.87. The first-order valence-electron chi connectivity index (χ1n) is 5.44. The first kappa shape index (κ1) is 10.9. The molecule has 1 aliphatic rings. The molecular weight excluding hydrogens is 210 g/mol. The van der Waals surface area contributed by atoms with E-state index in [1.807, 2.05) is 0 Å². The molecular formula is C10H15N3O3. The van der Waals surface area contributed by atoms with Crippen molar-refractivity contribution in [2.24, 2.45) is 0 Å². The maximum atomic E-state index is 10.5. The largest absolute Gasteiger partial charge is 0.465 e. The Bertz CT molecular complexity index is 369. The summed E-state index contributed by atoms with van der Waals surface area (Å²) < 4.78 is 5.38. The van der Waals surface area contributed by atoms with Gasteiger partial charge in [-0.15, -0.1) is 10.2 Å². The molecule has 1 saturated carbocycles. The fraction of sp³-hybridized carbons (Fsp3) is 0.700. The molecule has 1 amide bonds. The highest BCUT2D eigenvalue weighted by Gasteiger charge is 2.26. The van der Waals surface area contributed by atoms with Crippen molar-refractivity contribution in [1.29, 1.82) is 0 Å². The molecule has 0 atom stereocenters. The second kappa shape index (κ2) is 4.51. The summed E-state index contributed by atoms with van der Waals surface area (Å²) in [5, 5.41) is 18.9.